The van der Waals surface area contributed by atoms with E-state index in [0.717, 1.165) is 45.7 Å². The molecule has 0 fully saturated rings. The predicted octanol–water partition coefficient (Wildman–Crippen LogP) is 4.00. The van der Waals surface area contributed by atoms with Crippen LogP contribution in [-0.4, -0.2) is 37.9 Å². The van der Waals surface area contributed by atoms with Crippen LogP contribution < -0.4 is 16.8 Å². The highest BCUT2D eigenvalue weighted by molar-refractivity contribution is 5.86. The molecule has 0 bridgehead atoms. The van der Waals surface area contributed by atoms with Crippen LogP contribution in [-0.2, 0) is 31.1 Å². The zero-order valence-electron chi connectivity index (χ0n) is 22.2. The van der Waals surface area contributed by atoms with Crippen molar-refractivity contribution >= 4 is 50.4 Å². The number of aromatic amines is 1. The first kappa shape index (κ1) is 25.1. The standard InChI is InChI=1S/C31H30N8O/c1-39-27-15-19(16-30(40)34-14-13-21-7-4-6-20-5-2-3-8-23(20)21)9-11-25(27)38-29(39)18-28-36-24-12-10-22(35-31(32)33)17-26(24)37-28/h2-12,15,17H,13-14,16,18H2,1H3,(H,34,40)(H,36,37)(H4,32,33,35). The highest BCUT2D eigenvalue weighted by Crippen LogP contribution is 2.23. The lowest BCUT2D eigenvalue weighted by atomic mass is 10.0. The number of aliphatic imine (C=N–C) groups is 1. The molecule has 1 amide bonds. The van der Waals surface area contributed by atoms with Crippen LogP contribution in [0.25, 0.3) is 32.8 Å². The fourth-order valence-corrected chi connectivity index (χ4v) is 5.15. The van der Waals surface area contributed by atoms with E-state index >= 15 is 0 Å². The van der Waals surface area contributed by atoms with E-state index < -0.39 is 0 Å². The van der Waals surface area contributed by atoms with Crippen molar-refractivity contribution in [3.63, 3.8) is 0 Å². The van der Waals surface area contributed by atoms with Gasteiger partial charge in [0.05, 0.1) is 40.6 Å². The minimum atomic E-state index is 0.00403. The van der Waals surface area contributed by atoms with Gasteiger partial charge in [-0.15, -0.1) is 0 Å². The van der Waals surface area contributed by atoms with E-state index in [-0.39, 0.29) is 11.9 Å². The Bertz CT molecular complexity index is 1890. The van der Waals surface area contributed by atoms with Gasteiger partial charge in [0.25, 0.3) is 0 Å². The minimum Gasteiger partial charge on any atom is -0.370 e. The van der Waals surface area contributed by atoms with Crippen molar-refractivity contribution in [2.24, 2.45) is 23.5 Å². The monoisotopic (exact) mass is 530 g/mol. The number of aryl methyl sites for hydroxylation is 1. The van der Waals surface area contributed by atoms with Gasteiger partial charge in [-0.2, -0.15) is 0 Å². The summed E-state index contributed by atoms with van der Waals surface area (Å²) in [4.78, 5) is 29.7. The number of fused-ring (bicyclic) bond motifs is 3. The molecule has 9 nitrogen and oxygen atoms in total. The van der Waals surface area contributed by atoms with Crippen LogP contribution in [0.4, 0.5) is 5.69 Å². The van der Waals surface area contributed by atoms with E-state index in [4.69, 9.17) is 21.4 Å². The van der Waals surface area contributed by atoms with Crippen molar-refractivity contribution in [1.82, 2.24) is 24.8 Å². The number of hydrogen-bond donors (Lipinski definition) is 4. The molecule has 200 valence electrons. The molecule has 9 heteroatoms. The molecular formula is C31H30N8O. The highest BCUT2D eigenvalue weighted by Gasteiger charge is 2.13. The third-order valence-electron chi connectivity index (χ3n) is 7.10. The fraction of sp³-hybridized carbons (Fsp3) is 0.161. The first-order chi connectivity index (χ1) is 19.4. The molecule has 2 heterocycles. The number of amides is 1. The molecule has 6 aromatic rings. The Kier molecular flexibility index (Phi) is 6.61. The number of aromatic nitrogens is 4. The largest absolute Gasteiger partial charge is 0.370 e. The Morgan fingerprint density at radius 1 is 0.975 bits per heavy atom. The van der Waals surface area contributed by atoms with Crippen molar-refractivity contribution in [3.05, 3.63) is 102 Å². The third kappa shape index (κ3) is 5.22. The van der Waals surface area contributed by atoms with Crippen molar-refractivity contribution < 1.29 is 4.79 Å². The average molecular weight is 531 g/mol. The number of carbonyl (C=O) groups is 1. The zero-order valence-corrected chi connectivity index (χ0v) is 22.2. The molecule has 0 saturated carbocycles. The maximum absolute atomic E-state index is 12.7. The predicted molar refractivity (Wildman–Crippen MR) is 159 cm³/mol. The number of imidazole rings is 2. The highest BCUT2D eigenvalue weighted by atomic mass is 16.1. The molecule has 0 aliphatic rings. The van der Waals surface area contributed by atoms with Gasteiger partial charge in [0, 0.05) is 13.6 Å². The second-order valence-corrected chi connectivity index (χ2v) is 9.92. The summed E-state index contributed by atoms with van der Waals surface area (Å²) < 4.78 is 2.05. The summed E-state index contributed by atoms with van der Waals surface area (Å²) >= 11 is 0. The van der Waals surface area contributed by atoms with E-state index in [1.165, 1.54) is 16.3 Å². The molecular weight excluding hydrogens is 500 g/mol. The first-order valence-electron chi connectivity index (χ1n) is 13.2. The van der Waals surface area contributed by atoms with E-state index in [9.17, 15) is 4.79 Å². The molecule has 4 aromatic carbocycles. The lowest BCUT2D eigenvalue weighted by Gasteiger charge is -2.08. The smallest absolute Gasteiger partial charge is 0.224 e. The molecule has 0 aliphatic carbocycles. The normalized spacial score (nSPS) is 11.3. The Labute approximate surface area is 230 Å². The number of nitrogens with one attached hydrogen (secondary N) is 2. The molecule has 0 unspecified atom stereocenters. The van der Waals surface area contributed by atoms with Crippen LogP contribution >= 0.6 is 0 Å². The SMILES string of the molecule is Cn1c(Cc2nc3ccc(N=C(N)N)cc3[nH]2)nc2ccc(CC(=O)NCCc3cccc4ccccc34)cc21. The number of rotatable bonds is 8. The quantitative estimate of drug-likeness (QED) is 0.174. The number of guanidine groups is 1. The second kappa shape index (κ2) is 10.5. The minimum absolute atomic E-state index is 0.00403. The maximum atomic E-state index is 12.7. The molecule has 0 atom stereocenters. The summed E-state index contributed by atoms with van der Waals surface area (Å²) in [6.45, 7) is 0.593. The second-order valence-electron chi connectivity index (χ2n) is 9.92. The topological polar surface area (TPSA) is 140 Å². The molecule has 40 heavy (non-hydrogen) atoms. The summed E-state index contributed by atoms with van der Waals surface area (Å²) in [7, 11) is 1.98. The van der Waals surface area contributed by atoms with E-state index in [0.29, 0.717) is 25.1 Å². The van der Waals surface area contributed by atoms with Gasteiger partial charge in [-0.1, -0.05) is 48.5 Å². The molecule has 2 aromatic heterocycles. The number of hydrogen-bond acceptors (Lipinski definition) is 4. The number of benzene rings is 4. The Morgan fingerprint density at radius 2 is 1.80 bits per heavy atom. The van der Waals surface area contributed by atoms with Crippen LogP contribution in [0.2, 0.25) is 0 Å². The molecule has 6 N–H and O–H groups in total. The van der Waals surface area contributed by atoms with Crippen LogP contribution in [0.5, 0.6) is 0 Å². The van der Waals surface area contributed by atoms with Gasteiger partial charge in [0.1, 0.15) is 11.6 Å². The van der Waals surface area contributed by atoms with Crippen LogP contribution in [0.15, 0.2) is 83.9 Å². The number of carbonyl (C=O) groups excluding carboxylic acids is 1. The molecule has 0 aliphatic heterocycles. The Morgan fingerprint density at radius 3 is 2.67 bits per heavy atom. The van der Waals surface area contributed by atoms with E-state index in [1.807, 2.05) is 55.6 Å². The molecule has 0 saturated heterocycles. The lowest BCUT2D eigenvalue weighted by molar-refractivity contribution is -0.120. The van der Waals surface area contributed by atoms with Crippen LogP contribution in [0, 0.1) is 0 Å². The summed E-state index contributed by atoms with van der Waals surface area (Å²) in [5.41, 5.74) is 17.4. The number of H-pyrrole nitrogens is 1. The van der Waals surface area contributed by atoms with Gasteiger partial charge >= 0.3 is 0 Å². The van der Waals surface area contributed by atoms with Gasteiger partial charge in [-0.05, 0) is 58.7 Å². The third-order valence-corrected chi connectivity index (χ3v) is 7.10. The summed E-state index contributed by atoms with van der Waals surface area (Å²) in [5.74, 6) is 1.68. The van der Waals surface area contributed by atoms with Gasteiger partial charge in [0.15, 0.2) is 5.96 Å². The van der Waals surface area contributed by atoms with Crippen molar-refractivity contribution in [1.29, 1.82) is 0 Å². The number of nitrogens with zero attached hydrogens (tertiary/aromatic N) is 4. The number of nitrogens with two attached hydrogens (primary N) is 2. The van der Waals surface area contributed by atoms with Crippen molar-refractivity contribution in [2.45, 2.75) is 19.3 Å². The maximum Gasteiger partial charge on any atom is 0.224 e. The van der Waals surface area contributed by atoms with E-state index in [2.05, 4.69) is 50.2 Å². The van der Waals surface area contributed by atoms with Gasteiger partial charge in [-0.25, -0.2) is 15.0 Å². The Hall–Kier alpha value is -5.18. The molecule has 6 rings (SSSR count). The van der Waals surface area contributed by atoms with E-state index in [1.54, 1.807) is 0 Å². The summed E-state index contributed by atoms with van der Waals surface area (Å²) in [6.07, 6.45) is 1.63. The molecule has 0 radical (unpaired) electrons. The van der Waals surface area contributed by atoms with Crippen molar-refractivity contribution in [2.75, 3.05) is 6.54 Å². The fourth-order valence-electron chi connectivity index (χ4n) is 5.15. The van der Waals surface area contributed by atoms with Crippen LogP contribution in [0.3, 0.4) is 0 Å². The average Bonchev–Trinajstić information content (AvgIpc) is 3.48. The van der Waals surface area contributed by atoms with Gasteiger partial charge < -0.3 is 26.3 Å². The zero-order chi connectivity index (χ0) is 27.6. The van der Waals surface area contributed by atoms with Gasteiger partial charge in [0.2, 0.25) is 5.91 Å². The summed E-state index contributed by atoms with van der Waals surface area (Å²) in [6, 6.07) is 26.2. The lowest BCUT2D eigenvalue weighted by Crippen LogP contribution is -2.27. The first-order valence-corrected chi connectivity index (χ1v) is 13.2. The Balaban J connectivity index is 1.12. The van der Waals surface area contributed by atoms with Crippen molar-refractivity contribution in [3.8, 4) is 0 Å². The summed E-state index contributed by atoms with van der Waals surface area (Å²) in [5, 5.41) is 5.52. The van der Waals surface area contributed by atoms with Crippen LogP contribution in [0.1, 0.15) is 22.8 Å². The van der Waals surface area contributed by atoms with Gasteiger partial charge in [-0.3, -0.25) is 4.79 Å². The molecule has 0 spiro atoms.